The quantitative estimate of drug-likeness (QED) is 0.868. The average Bonchev–Trinajstić information content (AvgIpc) is 2.38. The van der Waals surface area contributed by atoms with Crippen molar-refractivity contribution < 1.29 is 14.6 Å². The van der Waals surface area contributed by atoms with Gasteiger partial charge in [-0.05, 0) is 44.4 Å². The van der Waals surface area contributed by atoms with Gasteiger partial charge in [0.15, 0.2) is 0 Å². The average molecular weight is 253 g/mol. The summed E-state index contributed by atoms with van der Waals surface area (Å²) in [7, 11) is 0. The second-order valence-corrected chi connectivity index (χ2v) is 4.90. The molecule has 1 aliphatic heterocycles. The molecule has 1 aromatic rings. The topological polar surface area (TPSA) is 43.7 Å². The number of piperidine rings is 1. The molecule has 0 aromatic heterocycles. The molecule has 2 N–H and O–H groups in total. The van der Waals surface area contributed by atoms with E-state index in [1.165, 1.54) is 12.1 Å². The molecule has 2 rings (SSSR count). The fraction of sp³-hybridized carbons (Fsp3) is 0.571. The largest absolute Gasteiger partial charge is 0.394 e. The molecule has 1 heterocycles. The maximum Gasteiger partial charge on any atom is 0.123 e. The Morgan fingerprint density at radius 3 is 2.89 bits per heavy atom. The van der Waals surface area contributed by atoms with Gasteiger partial charge >= 0.3 is 0 Å². The Labute approximate surface area is 107 Å². The zero-order chi connectivity index (χ0) is 13.1. The van der Waals surface area contributed by atoms with Gasteiger partial charge in [0.05, 0.1) is 18.8 Å². The minimum Gasteiger partial charge on any atom is -0.394 e. The number of nitrogens with zero attached hydrogens (tertiary/aromatic N) is 1. The third kappa shape index (κ3) is 2.65. The van der Waals surface area contributed by atoms with Gasteiger partial charge in [-0.2, -0.15) is 0 Å². The second kappa shape index (κ2) is 5.67. The number of benzene rings is 1. The number of anilines is 1. The molecule has 1 aliphatic rings. The van der Waals surface area contributed by atoms with Crippen LogP contribution in [0.15, 0.2) is 18.2 Å². The summed E-state index contributed by atoms with van der Waals surface area (Å²) in [5, 5.41) is 19.2. The molecule has 1 aromatic carbocycles. The Morgan fingerprint density at radius 2 is 2.22 bits per heavy atom. The molecule has 3 nitrogen and oxygen atoms in total. The second-order valence-electron chi connectivity index (χ2n) is 4.90. The lowest BCUT2D eigenvalue weighted by Crippen LogP contribution is -2.42. The summed E-state index contributed by atoms with van der Waals surface area (Å²) in [6.45, 7) is 2.57. The Kier molecular flexibility index (Phi) is 4.19. The zero-order valence-electron chi connectivity index (χ0n) is 10.6. The van der Waals surface area contributed by atoms with E-state index in [4.69, 9.17) is 0 Å². The fourth-order valence-electron chi connectivity index (χ4n) is 2.63. The predicted molar refractivity (Wildman–Crippen MR) is 69.1 cm³/mol. The summed E-state index contributed by atoms with van der Waals surface area (Å²) in [6, 6.07) is 4.56. The fourth-order valence-corrected chi connectivity index (χ4v) is 2.63. The van der Waals surface area contributed by atoms with Crippen LogP contribution in [0, 0.1) is 5.82 Å². The van der Waals surface area contributed by atoms with E-state index >= 15 is 0 Å². The highest BCUT2D eigenvalue weighted by Gasteiger charge is 2.24. The Balaban J connectivity index is 2.36. The van der Waals surface area contributed by atoms with Crippen molar-refractivity contribution in [2.75, 3.05) is 18.1 Å². The van der Waals surface area contributed by atoms with Crippen LogP contribution in [-0.4, -0.2) is 29.4 Å². The standard InChI is InChI=1S/C14H20FNO2/c1-10(18)13-8-11(15)5-6-14(13)16-7-3-2-4-12(16)9-17/h5-6,8,10,12,17-18H,2-4,7,9H2,1H3/t10-,12?/m1/s1. The van der Waals surface area contributed by atoms with Crippen molar-refractivity contribution >= 4 is 5.69 Å². The van der Waals surface area contributed by atoms with Gasteiger partial charge in [0.1, 0.15) is 5.82 Å². The Morgan fingerprint density at radius 1 is 1.44 bits per heavy atom. The van der Waals surface area contributed by atoms with Crippen LogP contribution in [0.5, 0.6) is 0 Å². The third-order valence-corrected chi connectivity index (χ3v) is 3.59. The highest BCUT2D eigenvalue weighted by atomic mass is 19.1. The SMILES string of the molecule is C[C@@H](O)c1cc(F)ccc1N1CCCCC1CO. The van der Waals surface area contributed by atoms with Gasteiger partial charge < -0.3 is 15.1 Å². The van der Waals surface area contributed by atoms with E-state index in [1.54, 1.807) is 13.0 Å². The van der Waals surface area contributed by atoms with Gasteiger partial charge in [-0.25, -0.2) is 4.39 Å². The Hall–Kier alpha value is -1.13. The minimum atomic E-state index is -0.711. The van der Waals surface area contributed by atoms with E-state index in [2.05, 4.69) is 4.90 Å². The lowest BCUT2D eigenvalue weighted by atomic mass is 9.99. The van der Waals surface area contributed by atoms with Crippen LogP contribution in [0.25, 0.3) is 0 Å². The van der Waals surface area contributed by atoms with E-state index < -0.39 is 6.10 Å². The molecule has 0 amide bonds. The molecular weight excluding hydrogens is 233 g/mol. The van der Waals surface area contributed by atoms with Crippen LogP contribution in [0.2, 0.25) is 0 Å². The van der Waals surface area contributed by atoms with E-state index in [-0.39, 0.29) is 18.5 Å². The normalized spacial score (nSPS) is 22.0. The van der Waals surface area contributed by atoms with E-state index in [0.717, 1.165) is 31.5 Å². The molecule has 1 saturated heterocycles. The molecule has 4 heteroatoms. The first-order valence-corrected chi connectivity index (χ1v) is 6.48. The summed E-state index contributed by atoms with van der Waals surface area (Å²) in [4.78, 5) is 2.09. The first-order chi connectivity index (χ1) is 8.63. The van der Waals surface area contributed by atoms with Gasteiger partial charge in [-0.15, -0.1) is 0 Å². The first kappa shape index (κ1) is 13.3. The number of hydrogen-bond acceptors (Lipinski definition) is 3. The molecule has 100 valence electrons. The van der Waals surface area contributed by atoms with Gasteiger partial charge in [0.2, 0.25) is 0 Å². The molecule has 2 atom stereocenters. The van der Waals surface area contributed by atoms with Crippen molar-refractivity contribution in [2.45, 2.75) is 38.3 Å². The first-order valence-electron chi connectivity index (χ1n) is 6.48. The van der Waals surface area contributed by atoms with Gasteiger partial charge in [0, 0.05) is 17.8 Å². The molecular formula is C14H20FNO2. The zero-order valence-corrected chi connectivity index (χ0v) is 10.6. The van der Waals surface area contributed by atoms with Gasteiger partial charge in [0.25, 0.3) is 0 Å². The molecule has 1 unspecified atom stereocenters. The number of rotatable bonds is 3. The lowest BCUT2D eigenvalue weighted by molar-refractivity contribution is 0.197. The van der Waals surface area contributed by atoms with Crippen LogP contribution in [0.1, 0.15) is 37.9 Å². The van der Waals surface area contributed by atoms with Crippen molar-refractivity contribution in [3.05, 3.63) is 29.6 Å². The summed E-state index contributed by atoms with van der Waals surface area (Å²) in [6.07, 6.45) is 2.39. The number of aliphatic hydroxyl groups excluding tert-OH is 2. The minimum absolute atomic E-state index is 0.0710. The van der Waals surface area contributed by atoms with Crippen molar-refractivity contribution in [3.63, 3.8) is 0 Å². The molecule has 0 spiro atoms. The summed E-state index contributed by atoms with van der Waals surface area (Å²) in [5.41, 5.74) is 1.43. The van der Waals surface area contributed by atoms with Crippen molar-refractivity contribution in [1.29, 1.82) is 0 Å². The molecule has 0 saturated carbocycles. The Bertz CT molecular complexity index is 409. The van der Waals surface area contributed by atoms with Crippen molar-refractivity contribution in [2.24, 2.45) is 0 Å². The van der Waals surface area contributed by atoms with Gasteiger partial charge in [-0.3, -0.25) is 0 Å². The molecule has 1 fully saturated rings. The summed E-state index contributed by atoms with van der Waals surface area (Å²) < 4.78 is 13.3. The lowest BCUT2D eigenvalue weighted by Gasteiger charge is -2.38. The van der Waals surface area contributed by atoms with E-state index in [1.807, 2.05) is 0 Å². The summed E-state index contributed by atoms with van der Waals surface area (Å²) in [5.74, 6) is -0.341. The maximum atomic E-state index is 13.3. The number of aliphatic hydroxyl groups is 2. The molecule has 0 bridgehead atoms. The van der Waals surface area contributed by atoms with Crippen molar-refractivity contribution in [1.82, 2.24) is 0 Å². The highest BCUT2D eigenvalue weighted by Crippen LogP contribution is 2.31. The van der Waals surface area contributed by atoms with Gasteiger partial charge in [-0.1, -0.05) is 0 Å². The van der Waals surface area contributed by atoms with Crippen molar-refractivity contribution in [3.8, 4) is 0 Å². The predicted octanol–water partition coefficient (Wildman–Crippen LogP) is 2.23. The number of hydrogen-bond donors (Lipinski definition) is 2. The summed E-state index contributed by atoms with van der Waals surface area (Å²) >= 11 is 0. The van der Waals surface area contributed by atoms with Crippen LogP contribution < -0.4 is 4.90 Å². The van der Waals surface area contributed by atoms with Crippen LogP contribution in [0.4, 0.5) is 10.1 Å². The van der Waals surface area contributed by atoms with E-state index in [9.17, 15) is 14.6 Å². The van der Waals surface area contributed by atoms with Crippen LogP contribution >= 0.6 is 0 Å². The maximum absolute atomic E-state index is 13.3. The highest BCUT2D eigenvalue weighted by molar-refractivity contribution is 5.56. The number of halogens is 1. The molecule has 18 heavy (non-hydrogen) atoms. The van der Waals surface area contributed by atoms with Crippen LogP contribution in [0.3, 0.4) is 0 Å². The molecule has 0 aliphatic carbocycles. The monoisotopic (exact) mass is 253 g/mol. The smallest absolute Gasteiger partial charge is 0.123 e. The van der Waals surface area contributed by atoms with E-state index in [0.29, 0.717) is 5.56 Å². The third-order valence-electron chi connectivity index (χ3n) is 3.59. The molecule has 0 radical (unpaired) electrons. The van der Waals surface area contributed by atoms with Crippen LogP contribution in [-0.2, 0) is 0 Å².